The molecule has 0 aliphatic carbocycles. The second-order valence-electron chi connectivity index (χ2n) is 22.5. The number of hydrogen-bond acceptors (Lipinski definition) is 11. The highest BCUT2D eigenvalue weighted by Crippen LogP contribution is 2.19. The molecular formula is C53H95N7O12. The molecule has 0 aromatic heterocycles. The number of rotatable bonds is 24. The summed E-state index contributed by atoms with van der Waals surface area (Å²) in [5.41, 5.74) is 0. The van der Waals surface area contributed by atoms with Crippen LogP contribution in [0.4, 0.5) is 0 Å². The molecule has 0 spiro atoms. The van der Waals surface area contributed by atoms with Gasteiger partial charge in [0.05, 0.1) is 18.9 Å². The zero-order chi connectivity index (χ0) is 54.7. The SMILES string of the molecule is CC(C)CCCCCCCCCC1CC(=O)N[C@@H](CCC(=O)O)C(=O)NC(CC(C)C)C(=O)N[C@H](CC(C)C)CN[C@@H](CC(C)C)C(=O)NC(CC(=O)O)C(=O)N[C@H](CC(C)C)C(=O)NC(C(C)C)C(=O)O1. The van der Waals surface area contributed by atoms with E-state index < -0.39 is 127 Å². The van der Waals surface area contributed by atoms with Crippen molar-refractivity contribution in [3.05, 3.63) is 0 Å². The van der Waals surface area contributed by atoms with Crippen LogP contribution in [0, 0.1) is 35.5 Å². The fourth-order valence-electron chi connectivity index (χ4n) is 8.71. The fourth-order valence-corrected chi connectivity index (χ4v) is 8.71. The van der Waals surface area contributed by atoms with Crippen molar-refractivity contribution in [3.8, 4) is 0 Å². The number of ether oxygens (including phenoxy) is 1. The van der Waals surface area contributed by atoms with Crippen molar-refractivity contribution < 1.29 is 58.1 Å². The van der Waals surface area contributed by atoms with E-state index in [1.54, 1.807) is 13.8 Å². The number of unbranched alkanes of at least 4 members (excludes halogenated alkanes) is 6. The van der Waals surface area contributed by atoms with E-state index in [1.807, 2.05) is 55.4 Å². The summed E-state index contributed by atoms with van der Waals surface area (Å²) in [6, 6.07) is -8.15. The quantitative estimate of drug-likeness (QED) is 0.0426. The molecule has 6 amide bonds. The lowest BCUT2D eigenvalue weighted by Crippen LogP contribution is -2.59. The minimum atomic E-state index is -1.60. The highest BCUT2D eigenvalue weighted by Gasteiger charge is 2.36. The summed E-state index contributed by atoms with van der Waals surface area (Å²) in [6.45, 7) is 22.9. The molecule has 0 radical (unpaired) electrons. The van der Waals surface area contributed by atoms with E-state index in [2.05, 4.69) is 51.1 Å². The first-order chi connectivity index (χ1) is 33.7. The first-order valence-electron chi connectivity index (χ1n) is 26.9. The molecule has 72 heavy (non-hydrogen) atoms. The zero-order valence-corrected chi connectivity index (χ0v) is 45.8. The molecule has 4 unspecified atom stereocenters. The van der Waals surface area contributed by atoms with Crippen LogP contribution in [0.3, 0.4) is 0 Å². The Kier molecular flexibility index (Phi) is 31.3. The lowest BCUT2D eigenvalue weighted by atomic mass is 9.98. The molecule has 1 saturated heterocycles. The van der Waals surface area contributed by atoms with Gasteiger partial charge in [0.15, 0.2) is 0 Å². The van der Waals surface area contributed by atoms with Gasteiger partial charge in [-0.15, -0.1) is 0 Å². The highest BCUT2D eigenvalue weighted by atomic mass is 16.5. The standard InChI is InChI=1S/C53H95N7O12/c1-31(2)20-18-16-14-13-15-17-19-21-38-28-44(61)56-39(22-23-45(62)63)48(66)57-41(26-34(7)8)50(68)55-37(24-32(3)4)30-54-40(25-33(5)6)49(67)59-43(29-46(64)65)51(69)58-42(27-35(9)10)52(70)60-47(36(11)12)53(71)72-38/h31-43,47,54H,13-30H2,1-12H3,(H,55,68)(H,56,61)(H,57,66)(H,58,69)(H,59,67)(H,60,70)(H,62,63)(H,64,65)/t37-,38?,39+,40+,41?,42-,43?,47?/m1/s1. The predicted octanol–water partition coefficient (Wildman–Crippen LogP) is 5.52. The van der Waals surface area contributed by atoms with Crippen LogP contribution in [0.2, 0.25) is 0 Å². The van der Waals surface area contributed by atoms with Crippen molar-refractivity contribution in [1.82, 2.24) is 37.2 Å². The number of esters is 1. The van der Waals surface area contributed by atoms with Crippen LogP contribution in [-0.4, -0.2) is 119 Å². The van der Waals surface area contributed by atoms with Gasteiger partial charge in [-0.2, -0.15) is 0 Å². The van der Waals surface area contributed by atoms with Crippen LogP contribution in [0.15, 0.2) is 0 Å². The summed E-state index contributed by atoms with van der Waals surface area (Å²) >= 11 is 0. The molecule has 0 aromatic rings. The van der Waals surface area contributed by atoms with Gasteiger partial charge in [-0.1, -0.05) is 128 Å². The molecular weight excluding hydrogens is 927 g/mol. The van der Waals surface area contributed by atoms with Gasteiger partial charge >= 0.3 is 17.9 Å². The van der Waals surface area contributed by atoms with E-state index >= 15 is 0 Å². The average molecular weight is 1020 g/mol. The van der Waals surface area contributed by atoms with E-state index in [0.717, 1.165) is 32.1 Å². The Labute approximate surface area is 430 Å². The molecule has 1 aliphatic heterocycles. The molecule has 19 nitrogen and oxygen atoms in total. The molecule has 1 rings (SSSR count). The van der Waals surface area contributed by atoms with Crippen molar-refractivity contribution >= 4 is 53.4 Å². The normalized spacial score (nSPS) is 24.3. The molecule has 1 heterocycles. The maximum atomic E-state index is 14.2. The van der Waals surface area contributed by atoms with Gasteiger partial charge in [-0.05, 0) is 80.5 Å². The Bertz CT molecular complexity index is 1720. The number of carbonyl (C=O) groups excluding carboxylic acids is 7. The van der Waals surface area contributed by atoms with Gasteiger partial charge in [0, 0.05) is 19.0 Å². The Hall–Kier alpha value is -4.81. The van der Waals surface area contributed by atoms with Gasteiger partial charge in [-0.3, -0.25) is 38.4 Å². The number of carboxylic acids is 2. The maximum absolute atomic E-state index is 14.2. The summed E-state index contributed by atoms with van der Waals surface area (Å²) in [4.78, 5) is 123. The van der Waals surface area contributed by atoms with Crippen LogP contribution in [0.25, 0.3) is 0 Å². The van der Waals surface area contributed by atoms with Gasteiger partial charge in [0.2, 0.25) is 35.4 Å². The minimum absolute atomic E-state index is 0.0523. The van der Waals surface area contributed by atoms with Crippen molar-refractivity contribution in [2.75, 3.05) is 6.54 Å². The van der Waals surface area contributed by atoms with E-state index in [1.165, 1.54) is 12.8 Å². The van der Waals surface area contributed by atoms with Crippen LogP contribution in [0.1, 0.15) is 192 Å². The van der Waals surface area contributed by atoms with E-state index in [4.69, 9.17) is 4.74 Å². The van der Waals surface area contributed by atoms with Gasteiger partial charge in [0.1, 0.15) is 36.3 Å². The molecule has 8 atom stereocenters. The van der Waals surface area contributed by atoms with Gasteiger partial charge in [-0.25, -0.2) is 4.79 Å². The summed E-state index contributed by atoms with van der Waals surface area (Å²) in [7, 11) is 0. The van der Waals surface area contributed by atoms with Crippen LogP contribution < -0.4 is 37.2 Å². The maximum Gasteiger partial charge on any atom is 0.329 e. The Morgan fingerprint density at radius 1 is 0.500 bits per heavy atom. The molecule has 0 saturated carbocycles. The molecule has 9 N–H and O–H groups in total. The second kappa shape index (κ2) is 34.6. The average Bonchev–Trinajstić information content (AvgIpc) is 3.25. The number of aliphatic carboxylic acids is 2. The van der Waals surface area contributed by atoms with Crippen molar-refractivity contribution in [2.24, 2.45) is 35.5 Å². The summed E-state index contributed by atoms with van der Waals surface area (Å²) < 4.78 is 6.03. The molecule has 0 bridgehead atoms. The molecule has 19 heteroatoms. The van der Waals surface area contributed by atoms with E-state index in [9.17, 15) is 53.4 Å². The smallest absolute Gasteiger partial charge is 0.329 e. The van der Waals surface area contributed by atoms with E-state index in [-0.39, 0.29) is 62.3 Å². The topological polar surface area (TPSA) is 288 Å². The first-order valence-corrected chi connectivity index (χ1v) is 26.9. The number of hydrogen-bond donors (Lipinski definition) is 9. The van der Waals surface area contributed by atoms with E-state index in [0.29, 0.717) is 18.8 Å². The Morgan fingerprint density at radius 3 is 1.46 bits per heavy atom. The number of carbonyl (C=O) groups is 9. The third-order valence-corrected chi connectivity index (χ3v) is 12.4. The zero-order valence-electron chi connectivity index (χ0n) is 45.8. The second-order valence-corrected chi connectivity index (χ2v) is 22.5. The summed E-state index contributed by atoms with van der Waals surface area (Å²) in [6.07, 6.45) is 6.14. The van der Waals surface area contributed by atoms with Crippen molar-refractivity contribution in [2.45, 2.75) is 241 Å². The molecule has 1 fully saturated rings. The number of cyclic esters (lactones) is 1. The van der Waals surface area contributed by atoms with Crippen LogP contribution in [0.5, 0.6) is 0 Å². The molecule has 0 aromatic carbocycles. The molecule has 1 aliphatic rings. The number of amides is 6. The van der Waals surface area contributed by atoms with Crippen molar-refractivity contribution in [1.29, 1.82) is 0 Å². The summed E-state index contributed by atoms with van der Waals surface area (Å²) in [5, 5.41) is 39.2. The first kappa shape index (κ1) is 65.2. The van der Waals surface area contributed by atoms with Gasteiger partial charge < -0.3 is 52.2 Å². The monoisotopic (exact) mass is 1020 g/mol. The molecule has 414 valence electrons. The van der Waals surface area contributed by atoms with Crippen LogP contribution >= 0.6 is 0 Å². The number of carboxylic acid groups (broad SMARTS) is 2. The third-order valence-electron chi connectivity index (χ3n) is 12.4. The fraction of sp³-hybridized carbons (Fsp3) is 0.830. The lowest BCUT2D eigenvalue weighted by molar-refractivity contribution is -0.156. The Balaban J connectivity index is 3.88. The largest absolute Gasteiger partial charge is 0.481 e. The minimum Gasteiger partial charge on any atom is -0.481 e. The number of nitrogens with one attached hydrogen (secondary N) is 7. The summed E-state index contributed by atoms with van der Waals surface area (Å²) in [5.74, 6) is -7.94. The van der Waals surface area contributed by atoms with Gasteiger partial charge in [0.25, 0.3) is 0 Å². The predicted molar refractivity (Wildman–Crippen MR) is 276 cm³/mol. The van der Waals surface area contributed by atoms with Crippen molar-refractivity contribution in [3.63, 3.8) is 0 Å². The van der Waals surface area contributed by atoms with Crippen LogP contribution in [-0.2, 0) is 47.9 Å². The highest BCUT2D eigenvalue weighted by molar-refractivity contribution is 5.96. The third kappa shape index (κ3) is 28.4. The Morgan fingerprint density at radius 2 is 0.958 bits per heavy atom. The lowest BCUT2D eigenvalue weighted by Gasteiger charge is -2.29.